The molecule has 88 valence electrons. The molecule has 0 spiro atoms. The van der Waals surface area contributed by atoms with Gasteiger partial charge in [0.05, 0.1) is 6.10 Å². The number of β-amino-alcohol motifs (C(OH)–C–C–N with tert-alkyl or cyclic N) is 1. The Labute approximate surface area is 101 Å². The van der Waals surface area contributed by atoms with Crippen LogP contribution in [0.5, 0.6) is 0 Å². The fourth-order valence-electron chi connectivity index (χ4n) is 2.89. The van der Waals surface area contributed by atoms with Crippen LogP contribution in [0.15, 0.2) is 5.38 Å². The van der Waals surface area contributed by atoms with Crippen molar-refractivity contribution in [1.82, 2.24) is 4.90 Å². The van der Waals surface area contributed by atoms with Gasteiger partial charge < -0.3 is 5.11 Å². The Bertz CT molecular complexity index is 374. The van der Waals surface area contributed by atoms with Gasteiger partial charge in [-0.05, 0) is 48.6 Å². The van der Waals surface area contributed by atoms with E-state index in [4.69, 9.17) is 0 Å². The Morgan fingerprint density at radius 1 is 1.38 bits per heavy atom. The lowest BCUT2D eigenvalue weighted by atomic mass is 9.96. The summed E-state index contributed by atoms with van der Waals surface area (Å²) in [5.74, 6) is 0. The first-order valence-electron chi connectivity index (χ1n) is 6.31. The van der Waals surface area contributed by atoms with Crippen molar-refractivity contribution in [2.75, 3.05) is 13.1 Å². The summed E-state index contributed by atoms with van der Waals surface area (Å²) in [7, 11) is 0. The van der Waals surface area contributed by atoms with E-state index in [1.54, 1.807) is 10.4 Å². The van der Waals surface area contributed by atoms with E-state index in [-0.39, 0.29) is 6.10 Å². The van der Waals surface area contributed by atoms with Crippen molar-refractivity contribution in [1.29, 1.82) is 0 Å². The van der Waals surface area contributed by atoms with E-state index in [0.717, 1.165) is 26.1 Å². The molecule has 2 aliphatic rings. The van der Waals surface area contributed by atoms with E-state index in [2.05, 4.69) is 10.3 Å². The van der Waals surface area contributed by atoms with Crippen LogP contribution in [0.25, 0.3) is 0 Å². The van der Waals surface area contributed by atoms with Gasteiger partial charge >= 0.3 is 0 Å². The minimum Gasteiger partial charge on any atom is -0.392 e. The second-order valence-corrected chi connectivity index (χ2v) is 6.01. The highest BCUT2D eigenvalue weighted by Crippen LogP contribution is 2.31. The van der Waals surface area contributed by atoms with Crippen LogP contribution in [-0.2, 0) is 19.4 Å². The SMILES string of the molecule is O[C@H]1CCN(Cc2csc3c2CCCC3)C1. The third-order valence-corrected chi connectivity index (χ3v) is 4.93. The number of nitrogens with zero attached hydrogens (tertiary/aromatic N) is 1. The first kappa shape index (κ1) is 10.8. The third-order valence-electron chi connectivity index (χ3n) is 3.79. The molecular formula is C13H19NOS. The van der Waals surface area contributed by atoms with Crippen LogP contribution in [-0.4, -0.2) is 29.2 Å². The minimum atomic E-state index is -0.0885. The molecular weight excluding hydrogens is 218 g/mol. The van der Waals surface area contributed by atoms with Crippen LogP contribution in [0.4, 0.5) is 0 Å². The van der Waals surface area contributed by atoms with Crippen molar-refractivity contribution >= 4 is 11.3 Å². The second-order valence-electron chi connectivity index (χ2n) is 5.05. The zero-order valence-corrected chi connectivity index (χ0v) is 10.4. The molecule has 2 heterocycles. The van der Waals surface area contributed by atoms with Gasteiger partial charge in [0, 0.05) is 24.5 Å². The number of aliphatic hydroxyl groups is 1. The highest BCUT2D eigenvalue weighted by atomic mass is 32.1. The van der Waals surface area contributed by atoms with Crippen LogP contribution in [0.1, 0.15) is 35.3 Å². The topological polar surface area (TPSA) is 23.5 Å². The minimum absolute atomic E-state index is 0.0885. The predicted molar refractivity (Wildman–Crippen MR) is 66.9 cm³/mol. The molecule has 1 aliphatic carbocycles. The number of hydrogen-bond donors (Lipinski definition) is 1. The Hall–Kier alpha value is -0.380. The lowest BCUT2D eigenvalue weighted by Crippen LogP contribution is -2.22. The van der Waals surface area contributed by atoms with Crippen LogP contribution >= 0.6 is 11.3 Å². The molecule has 0 amide bonds. The molecule has 1 saturated heterocycles. The smallest absolute Gasteiger partial charge is 0.0679 e. The molecule has 1 aliphatic heterocycles. The normalized spacial score (nSPS) is 25.9. The quantitative estimate of drug-likeness (QED) is 0.852. The van der Waals surface area contributed by atoms with Gasteiger partial charge in [-0.3, -0.25) is 4.90 Å². The number of thiophene rings is 1. The van der Waals surface area contributed by atoms with Crippen molar-refractivity contribution in [3.05, 3.63) is 21.4 Å². The summed E-state index contributed by atoms with van der Waals surface area (Å²) in [6, 6.07) is 0. The summed E-state index contributed by atoms with van der Waals surface area (Å²) in [6.45, 7) is 2.99. The average Bonchev–Trinajstić information content (AvgIpc) is 2.87. The van der Waals surface area contributed by atoms with Crippen molar-refractivity contribution < 1.29 is 5.11 Å². The van der Waals surface area contributed by atoms with Gasteiger partial charge in [0.15, 0.2) is 0 Å². The molecule has 16 heavy (non-hydrogen) atoms. The van der Waals surface area contributed by atoms with Crippen molar-refractivity contribution in [2.24, 2.45) is 0 Å². The fourth-order valence-corrected chi connectivity index (χ4v) is 4.03. The number of rotatable bonds is 2. The Morgan fingerprint density at radius 3 is 3.06 bits per heavy atom. The van der Waals surface area contributed by atoms with E-state index in [1.165, 1.54) is 31.2 Å². The van der Waals surface area contributed by atoms with Crippen molar-refractivity contribution in [2.45, 2.75) is 44.8 Å². The predicted octanol–water partition coefficient (Wildman–Crippen LogP) is 2.19. The summed E-state index contributed by atoms with van der Waals surface area (Å²) in [6.07, 6.45) is 6.17. The first-order chi connectivity index (χ1) is 7.83. The van der Waals surface area contributed by atoms with E-state index < -0.39 is 0 Å². The Morgan fingerprint density at radius 2 is 2.25 bits per heavy atom. The molecule has 0 bridgehead atoms. The summed E-state index contributed by atoms with van der Waals surface area (Å²) in [5, 5.41) is 11.9. The zero-order chi connectivity index (χ0) is 11.0. The molecule has 1 fully saturated rings. The second kappa shape index (κ2) is 4.47. The lowest BCUT2D eigenvalue weighted by molar-refractivity contribution is 0.174. The maximum absolute atomic E-state index is 9.53. The molecule has 3 heteroatoms. The highest BCUT2D eigenvalue weighted by molar-refractivity contribution is 7.10. The van der Waals surface area contributed by atoms with E-state index in [0.29, 0.717) is 0 Å². The van der Waals surface area contributed by atoms with Gasteiger partial charge in [-0.15, -0.1) is 11.3 Å². The monoisotopic (exact) mass is 237 g/mol. The standard InChI is InChI=1S/C13H19NOS/c15-11-5-6-14(8-11)7-10-9-16-13-4-2-1-3-12(10)13/h9,11,15H,1-8H2/t11-/m0/s1. The number of aryl methyl sites for hydroxylation is 1. The van der Waals surface area contributed by atoms with Gasteiger partial charge in [0.2, 0.25) is 0 Å². The highest BCUT2D eigenvalue weighted by Gasteiger charge is 2.22. The van der Waals surface area contributed by atoms with Crippen molar-refractivity contribution in [3.8, 4) is 0 Å². The van der Waals surface area contributed by atoms with Gasteiger partial charge in [-0.2, -0.15) is 0 Å². The zero-order valence-electron chi connectivity index (χ0n) is 9.61. The summed E-state index contributed by atoms with van der Waals surface area (Å²) >= 11 is 1.95. The maximum atomic E-state index is 9.53. The molecule has 0 saturated carbocycles. The summed E-state index contributed by atoms with van der Waals surface area (Å²) in [5.41, 5.74) is 3.17. The van der Waals surface area contributed by atoms with Crippen LogP contribution in [0.3, 0.4) is 0 Å². The number of aliphatic hydroxyl groups excluding tert-OH is 1. The molecule has 1 N–H and O–H groups in total. The lowest BCUT2D eigenvalue weighted by Gasteiger charge is -2.17. The molecule has 1 atom stereocenters. The molecule has 0 unspecified atom stereocenters. The Kier molecular flexibility index (Phi) is 3.01. The van der Waals surface area contributed by atoms with Gasteiger partial charge in [0.1, 0.15) is 0 Å². The molecule has 3 rings (SSSR count). The molecule has 0 aromatic carbocycles. The third kappa shape index (κ3) is 2.04. The largest absolute Gasteiger partial charge is 0.392 e. The Balaban J connectivity index is 1.72. The van der Waals surface area contributed by atoms with Crippen LogP contribution < -0.4 is 0 Å². The van der Waals surface area contributed by atoms with Crippen LogP contribution in [0, 0.1) is 0 Å². The van der Waals surface area contributed by atoms with Crippen molar-refractivity contribution in [3.63, 3.8) is 0 Å². The van der Waals surface area contributed by atoms with E-state index in [1.807, 2.05) is 11.3 Å². The fraction of sp³-hybridized carbons (Fsp3) is 0.692. The summed E-state index contributed by atoms with van der Waals surface area (Å²) in [4.78, 5) is 4.02. The number of fused-ring (bicyclic) bond motifs is 1. The van der Waals surface area contributed by atoms with Gasteiger partial charge in [-0.1, -0.05) is 0 Å². The van der Waals surface area contributed by atoms with Crippen LogP contribution in [0.2, 0.25) is 0 Å². The van der Waals surface area contributed by atoms with Gasteiger partial charge in [-0.25, -0.2) is 0 Å². The molecule has 1 aromatic rings. The molecule has 1 aromatic heterocycles. The summed E-state index contributed by atoms with van der Waals surface area (Å²) < 4.78 is 0. The molecule has 0 radical (unpaired) electrons. The molecule has 2 nitrogen and oxygen atoms in total. The number of hydrogen-bond acceptors (Lipinski definition) is 3. The van der Waals surface area contributed by atoms with E-state index in [9.17, 15) is 5.11 Å². The van der Waals surface area contributed by atoms with E-state index >= 15 is 0 Å². The first-order valence-corrected chi connectivity index (χ1v) is 7.19. The average molecular weight is 237 g/mol. The maximum Gasteiger partial charge on any atom is 0.0679 e. The van der Waals surface area contributed by atoms with Gasteiger partial charge in [0.25, 0.3) is 0 Å². The number of likely N-dealkylation sites (tertiary alicyclic amines) is 1.